The van der Waals surface area contributed by atoms with Gasteiger partial charge in [-0.3, -0.25) is 0 Å². The minimum atomic E-state index is -0.971. The Morgan fingerprint density at radius 2 is 2.13 bits per heavy atom. The van der Waals surface area contributed by atoms with Crippen molar-refractivity contribution in [2.75, 3.05) is 0 Å². The highest BCUT2D eigenvalue weighted by atomic mass is 16.7. The van der Waals surface area contributed by atoms with Gasteiger partial charge in [-0.15, -0.1) is 0 Å². The summed E-state index contributed by atoms with van der Waals surface area (Å²) in [5.41, 5.74) is 2.78. The van der Waals surface area contributed by atoms with E-state index in [1.54, 1.807) is 0 Å². The Hall–Kier alpha value is -1.84. The van der Waals surface area contributed by atoms with Crippen LogP contribution in [0, 0.1) is 6.92 Å². The van der Waals surface area contributed by atoms with Crippen molar-refractivity contribution in [1.29, 1.82) is 0 Å². The molecule has 1 aliphatic rings. The molecule has 4 heteroatoms. The predicted octanol–water partition coefficient (Wildman–Crippen LogP) is 1.57. The van der Waals surface area contributed by atoms with Crippen LogP contribution >= 0.6 is 0 Å². The molecule has 1 heterocycles. The molecule has 4 nitrogen and oxygen atoms in total. The van der Waals surface area contributed by atoms with Gasteiger partial charge in [-0.25, -0.2) is 4.79 Å². The second-order valence-corrected chi connectivity index (χ2v) is 3.54. The standard InChI is InChI=1S/C11H11NO3/c1-7-2-4-8(5-3-7)9-6-10(11(13)14)15-12-9/h2-5,10H,6H2,1H3,(H,13,14). The Kier molecular flexibility index (Phi) is 2.41. The van der Waals surface area contributed by atoms with Gasteiger partial charge in [0, 0.05) is 6.42 Å². The van der Waals surface area contributed by atoms with Gasteiger partial charge in [0.2, 0.25) is 6.10 Å². The molecule has 15 heavy (non-hydrogen) atoms. The van der Waals surface area contributed by atoms with Crippen LogP contribution in [0.1, 0.15) is 17.5 Å². The number of carboxylic acid groups (broad SMARTS) is 1. The number of hydrogen-bond donors (Lipinski definition) is 1. The van der Waals surface area contributed by atoms with E-state index in [4.69, 9.17) is 9.94 Å². The van der Waals surface area contributed by atoms with Gasteiger partial charge in [0.25, 0.3) is 0 Å². The van der Waals surface area contributed by atoms with Gasteiger partial charge in [0.15, 0.2) is 0 Å². The molecular weight excluding hydrogens is 194 g/mol. The molecule has 0 radical (unpaired) electrons. The summed E-state index contributed by atoms with van der Waals surface area (Å²) in [4.78, 5) is 15.4. The lowest BCUT2D eigenvalue weighted by molar-refractivity contribution is -0.148. The van der Waals surface area contributed by atoms with Crippen molar-refractivity contribution in [2.24, 2.45) is 5.16 Å². The van der Waals surface area contributed by atoms with Crippen molar-refractivity contribution in [3.8, 4) is 0 Å². The van der Waals surface area contributed by atoms with Crippen LogP contribution in [0.3, 0.4) is 0 Å². The van der Waals surface area contributed by atoms with Crippen LogP contribution in [0.25, 0.3) is 0 Å². The van der Waals surface area contributed by atoms with Gasteiger partial charge in [-0.2, -0.15) is 0 Å². The van der Waals surface area contributed by atoms with Crippen LogP contribution in [0.5, 0.6) is 0 Å². The van der Waals surface area contributed by atoms with Crippen molar-refractivity contribution in [1.82, 2.24) is 0 Å². The molecule has 2 rings (SSSR count). The maximum atomic E-state index is 10.6. The van der Waals surface area contributed by atoms with Crippen LogP contribution < -0.4 is 0 Å². The smallest absolute Gasteiger partial charge is 0.348 e. The normalized spacial score (nSPS) is 19.5. The summed E-state index contributed by atoms with van der Waals surface area (Å²) in [7, 11) is 0. The van der Waals surface area contributed by atoms with Gasteiger partial charge in [0.1, 0.15) is 0 Å². The third-order valence-corrected chi connectivity index (χ3v) is 2.33. The van der Waals surface area contributed by atoms with Gasteiger partial charge in [-0.05, 0) is 12.5 Å². The highest BCUT2D eigenvalue weighted by molar-refractivity contribution is 6.03. The van der Waals surface area contributed by atoms with Gasteiger partial charge in [-0.1, -0.05) is 35.0 Å². The fraction of sp³-hybridized carbons (Fsp3) is 0.273. The van der Waals surface area contributed by atoms with Crippen molar-refractivity contribution < 1.29 is 14.7 Å². The van der Waals surface area contributed by atoms with Crippen molar-refractivity contribution in [2.45, 2.75) is 19.4 Å². The molecule has 0 fully saturated rings. The summed E-state index contributed by atoms with van der Waals surface area (Å²) in [6.07, 6.45) is -0.500. The molecule has 1 N–H and O–H groups in total. The first-order valence-electron chi connectivity index (χ1n) is 4.69. The number of hydrogen-bond acceptors (Lipinski definition) is 3. The number of carboxylic acids is 1. The summed E-state index contributed by atoms with van der Waals surface area (Å²) in [6, 6.07) is 7.77. The highest BCUT2D eigenvalue weighted by Gasteiger charge is 2.28. The molecule has 1 aromatic rings. The van der Waals surface area contributed by atoms with E-state index in [1.807, 2.05) is 31.2 Å². The van der Waals surface area contributed by atoms with E-state index in [9.17, 15) is 4.79 Å². The molecule has 0 saturated heterocycles. The monoisotopic (exact) mass is 205 g/mol. The van der Waals surface area contributed by atoms with Crippen LogP contribution in [0.2, 0.25) is 0 Å². The fourth-order valence-electron chi connectivity index (χ4n) is 1.43. The van der Waals surface area contributed by atoms with E-state index >= 15 is 0 Å². The maximum Gasteiger partial charge on any atom is 0.348 e. The van der Waals surface area contributed by atoms with Gasteiger partial charge < -0.3 is 9.94 Å². The topological polar surface area (TPSA) is 58.9 Å². The molecule has 0 amide bonds. The zero-order valence-electron chi connectivity index (χ0n) is 8.30. The number of rotatable bonds is 2. The predicted molar refractivity (Wildman–Crippen MR) is 54.8 cm³/mol. The molecule has 1 aliphatic heterocycles. The average molecular weight is 205 g/mol. The van der Waals surface area contributed by atoms with Crippen LogP contribution in [-0.2, 0) is 9.63 Å². The number of oxime groups is 1. The number of carbonyl (C=O) groups is 1. The van der Waals surface area contributed by atoms with E-state index in [-0.39, 0.29) is 0 Å². The minimum absolute atomic E-state index is 0.332. The Bertz CT molecular complexity index is 408. The summed E-state index contributed by atoms with van der Waals surface area (Å²) in [5, 5.41) is 12.5. The second-order valence-electron chi connectivity index (χ2n) is 3.54. The van der Waals surface area contributed by atoms with E-state index in [1.165, 1.54) is 0 Å². The zero-order chi connectivity index (χ0) is 10.8. The molecule has 1 atom stereocenters. The molecular formula is C11H11NO3. The summed E-state index contributed by atoms with van der Waals surface area (Å²) in [6.45, 7) is 2.00. The number of aryl methyl sites for hydroxylation is 1. The Balaban J connectivity index is 2.14. The zero-order valence-corrected chi connectivity index (χ0v) is 8.30. The third kappa shape index (κ3) is 1.98. The summed E-state index contributed by atoms with van der Waals surface area (Å²) in [5.74, 6) is -0.971. The molecule has 0 aromatic heterocycles. The van der Waals surface area contributed by atoms with Crippen LogP contribution in [0.15, 0.2) is 29.4 Å². The minimum Gasteiger partial charge on any atom is -0.478 e. The van der Waals surface area contributed by atoms with Gasteiger partial charge >= 0.3 is 5.97 Å². The summed E-state index contributed by atoms with van der Waals surface area (Å²) >= 11 is 0. The van der Waals surface area contributed by atoms with E-state index in [0.29, 0.717) is 12.1 Å². The first-order valence-corrected chi connectivity index (χ1v) is 4.69. The number of aliphatic carboxylic acids is 1. The van der Waals surface area contributed by atoms with Gasteiger partial charge in [0.05, 0.1) is 5.71 Å². The first-order chi connectivity index (χ1) is 7.16. The summed E-state index contributed by atoms with van der Waals surface area (Å²) < 4.78 is 0. The fourth-order valence-corrected chi connectivity index (χ4v) is 1.43. The molecule has 1 aromatic carbocycles. The Morgan fingerprint density at radius 1 is 1.47 bits per heavy atom. The Labute approximate surface area is 87.2 Å². The van der Waals surface area contributed by atoms with Crippen LogP contribution in [-0.4, -0.2) is 22.9 Å². The SMILES string of the molecule is Cc1ccc(C2=NOC(C(=O)O)C2)cc1. The maximum absolute atomic E-state index is 10.6. The molecule has 1 unspecified atom stereocenters. The van der Waals surface area contributed by atoms with E-state index < -0.39 is 12.1 Å². The number of benzene rings is 1. The molecule has 0 aliphatic carbocycles. The van der Waals surface area contributed by atoms with E-state index in [2.05, 4.69) is 5.16 Å². The van der Waals surface area contributed by atoms with Crippen molar-refractivity contribution >= 4 is 11.7 Å². The highest BCUT2D eigenvalue weighted by Crippen LogP contribution is 2.17. The number of nitrogens with zero attached hydrogens (tertiary/aromatic N) is 1. The van der Waals surface area contributed by atoms with E-state index in [0.717, 1.165) is 11.1 Å². The van der Waals surface area contributed by atoms with Crippen molar-refractivity contribution in [3.05, 3.63) is 35.4 Å². The quantitative estimate of drug-likeness (QED) is 0.797. The molecule has 0 bridgehead atoms. The first kappa shape index (κ1) is 9.71. The molecule has 0 spiro atoms. The lowest BCUT2D eigenvalue weighted by Crippen LogP contribution is -2.19. The molecule has 78 valence electrons. The van der Waals surface area contributed by atoms with Crippen molar-refractivity contribution in [3.63, 3.8) is 0 Å². The average Bonchev–Trinajstić information content (AvgIpc) is 2.68. The Morgan fingerprint density at radius 3 is 2.67 bits per heavy atom. The second kappa shape index (κ2) is 3.73. The third-order valence-electron chi connectivity index (χ3n) is 2.33. The lowest BCUT2D eigenvalue weighted by Gasteiger charge is -2.00. The lowest BCUT2D eigenvalue weighted by atomic mass is 10.0. The largest absolute Gasteiger partial charge is 0.478 e. The van der Waals surface area contributed by atoms with Crippen LogP contribution in [0.4, 0.5) is 0 Å². The molecule has 0 saturated carbocycles.